The van der Waals surface area contributed by atoms with Crippen LogP contribution in [0.5, 0.6) is 0 Å². The van der Waals surface area contributed by atoms with Crippen LogP contribution in [0.25, 0.3) is 0 Å². The summed E-state index contributed by atoms with van der Waals surface area (Å²) >= 11 is 0. The average Bonchev–Trinajstić information content (AvgIpc) is 2.81. The summed E-state index contributed by atoms with van der Waals surface area (Å²) in [4.78, 5) is 11.9. The molecule has 1 aromatic carbocycles. The van der Waals surface area contributed by atoms with Gasteiger partial charge in [-0.25, -0.2) is 4.79 Å². The van der Waals surface area contributed by atoms with Crippen molar-refractivity contribution >= 4 is 6.03 Å². The van der Waals surface area contributed by atoms with E-state index in [-0.39, 0.29) is 12.1 Å². The van der Waals surface area contributed by atoms with E-state index < -0.39 is 0 Å². The second-order valence-corrected chi connectivity index (χ2v) is 6.27. The van der Waals surface area contributed by atoms with Gasteiger partial charge in [-0.1, -0.05) is 17.7 Å². The molecule has 0 aliphatic heterocycles. The zero-order valence-electron chi connectivity index (χ0n) is 13.2. The van der Waals surface area contributed by atoms with Gasteiger partial charge in [0, 0.05) is 13.1 Å². The summed E-state index contributed by atoms with van der Waals surface area (Å²) in [5.41, 5.74) is 4.86. The van der Waals surface area contributed by atoms with Gasteiger partial charge < -0.3 is 15.7 Å². The molecule has 116 valence electrons. The fraction of sp³-hybridized carbons (Fsp3) is 0.588. The monoisotopic (exact) mass is 290 g/mol. The standard InChI is InChI=1S/C17H26N2O2/c1-11-6-12(2)16(13(3)7-11)10-19-17(21)18-9-14-4-5-15(20)8-14/h6-7,14-15,20H,4-5,8-10H2,1-3H3,(H2,18,19,21)/t14-,15+/m1/s1. The molecule has 1 fully saturated rings. The smallest absolute Gasteiger partial charge is 0.315 e. The van der Waals surface area contributed by atoms with E-state index >= 15 is 0 Å². The lowest BCUT2D eigenvalue weighted by molar-refractivity contribution is 0.177. The first-order chi connectivity index (χ1) is 9.95. The molecule has 2 atom stereocenters. The highest BCUT2D eigenvalue weighted by Crippen LogP contribution is 2.24. The molecule has 2 rings (SSSR count). The van der Waals surface area contributed by atoms with Crippen LogP contribution in [0.3, 0.4) is 0 Å². The first-order valence-corrected chi connectivity index (χ1v) is 7.72. The molecule has 0 saturated heterocycles. The van der Waals surface area contributed by atoms with Crippen molar-refractivity contribution in [1.82, 2.24) is 10.6 Å². The van der Waals surface area contributed by atoms with E-state index in [1.54, 1.807) is 0 Å². The van der Waals surface area contributed by atoms with E-state index in [0.29, 0.717) is 19.0 Å². The highest BCUT2D eigenvalue weighted by molar-refractivity contribution is 5.73. The molecule has 0 bridgehead atoms. The van der Waals surface area contributed by atoms with Gasteiger partial charge in [0.25, 0.3) is 0 Å². The summed E-state index contributed by atoms with van der Waals surface area (Å²) in [6, 6.07) is 4.15. The van der Waals surface area contributed by atoms with Crippen LogP contribution in [0, 0.1) is 26.7 Å². The van der Waals surface area contributed by atoms with Crippen molar-refractivity contribution in [3.05, 3.63) is 34.4 Å². The van der Waals surface area contributed by atoms with Crippen molar-refractivity contribution in [2.24, 2.45) is 5.92 Å². The Kier molecular flexibility index (Phi) is 5.23. The van der Waals surface area contributed by atoms with Crippen molar-refractivity contribution in [2.45, 2.75) is 52.7 Å². The predicted molar refractivity (Wildman–Crippen MR) is 84.2 cm³/mol. The summed E-state index contributed by atoms with van der Waals surface area (Å²) < 4.78 is 0. The number of aliphatic hydroxyl groups is 1. The lowest BCUT2D eigenvalue weighted by atomic mass is 10.00. The maximum absolute atomic E-state index is 11.9. The van der Waals surface area contributed by atoms with Crippen LogP contribution in [-0.4, -0.2) is 23.8 Å². The van der Waals surface area contributed by atoms with Crippen molar-refractivity contribution < 1.29 is 9.90 Å². The molecule has 0 heterocycles. The first-order valence-electron chi connectivity index (χ1n) is 7.72. The summed E-state index contributed by atoms with van der Waals surface area (Å²) in [6.07, 6.45) is 2.47. The number of benzene rings is 1. The second kappa shape index (κ2) is 6.94. The van der Waals surface area contributed by atoms with Crippen LogP contribution < -0.4 is 10.6 Å². The Morgan fingerprint density at radius 1 is 1.19 bits per heavy atom. The molecule has 4 heteroatoms. The molecule has 1 aliphatic carbocycles. The van der Waals surface area contributed by atoms with Crippen LogP contribution >= 0.6 is 0 Å². The molecule has 0 unspecified atom stereocenters. The molecule has 1 aromatic rings. The molecule has 3 N–H and O–H groups in total. The molecule has 1 aliphatic rings. The number of nitrogens with one attached hydrogen (secondary N) is 2. The minimum Gasteiger partial charge on any atom is -0.393 e. The summed E-state index contributed by atoms with van der Waals surface area (Å²) in [7, 11) is 0. The highest BCUT2D eigenvalue weighted by atomic mass is 16.3. The summed E-state index contributed by atoms with van der Waals surface area (Å²) in [6.45, 7) is 7.44. The number of carbonyl (C=O) groups is 1. The van der Waals surface area contributed by atoms with Crippen LogP contribution in [0.4, 0.5) is 4.79 Å². The van der Waals surface area contributed by atoms with E-state index in [2.05, 4.69) is 43.5 Å². The van der Waals surface area contributed by atoms with Gasteiger partial charge in [0.2, 0.25) is 0 Å². The lowest BCUT2D eigenvalue weighted by Gasteiger charge is -2.14. The van der Waals surface area contributed by atoms with E-state index in [9.17, 15) is 9.90 Å². The Morgan fingerprint density at radius 2 is 1.86 bits per heavy atom. The first kappa shape index (κ1) is 15.8. The van der Waals surface area contributed by atoms with E-state index in [1.807, 2.05) is 0 Å². The van der Waals surface area contributed by atoms with Crippen LogP contribution in [-0.2, 0) is 6.54 Å². The maximum atomic E-state index is 11.9. The lowest BCUT2D eigenvalue weighted by Crippen LogP contribution is -2.37. The highest BCUT2D eigenvalue weighted by Gasteiger charge is 2.22. The molecular weight excluding hydrogens is 264 g/mol. The third kappa shape index (κ3) is 4.46. The largest absolute Gasteiger partial charge is 0.393 e. The van der Waals surface area contributed by atoms with Crippen molar-refractivity contribution in [3.63, 3.8) is 0 Å². The predicted octanol–water partition coefficient (Wildman–Crippen LogP) is 2.57. The number of urea groups is 1. The van der Waals surface area contributed by atoms with E-state index in [0.717, 1.165) is 19.3 Å². The Balaban J connectivity index is 1.79. The van der Waals surface area contributed by atoms with Gasteiger partial charge in [-0.3, -0.25) is 0 Å². The topological polar surface area (TPSA) is 61.4 Å². The number of rotatable bonds is 4. The molecule has 0 aromatic heterocycles. The zero-order valence-corrected chi connectivity index (χ0v) is 13.2. The zero-order chi connectivity index (χ0) is 15.4. The number of hydrogen-bond acceptors (Lipinski definition) is 2. The Labute approximate surface area is 126 Å². The van der Waals surface area contributed by atoms with Crippen molar-refractivity contribution in [1.29, 1.82) is 0 Å². The molecule has 1 saturated carbocycles. The SMILES string of the molecule is Cc1cc(C)c(CNC(=O)NC[C@@H]2CC[C@H](O)C2)c(C)c1. The maximum Gasteiger partial charge on any atom is 0.315 e. The van der Waals surface area contributed by atoms with Gasteiger partial charge in [0.1, 0.15) is 0 Å². The minimum atomic E-state index is -0.183. The van der Waals surface area contributed by atoms with Gasteiger partial charge in [0.15, 0.2) is 0 Å². The average molecular weight is 290 g/mol. The Morgan fingerprint density at radius 3 is 2.43 bits per heavy atom. The quantitative estimate of drug-likeness (QED) is 0.798. The minimum absolute atomic E-state index is 0.129. The number of carbonyl (C=O) groups excluding carboxylic acids is 1. The Bertz CT molecular complexity index is 491. The van der Waals surface area contributed by atoms with E-state index in [1.165, 1.54) is 22.3 Å². The van der Waals surface area contributed by atoms with Gasteiger partial charge >= 0.3 is 6.03 Å². The molecule has 0 radical (unpaired) electrons. The molecule has 0 spiro atoms. The molecule has 2 amide bonds. The molecule has 21 heavy (non-hydrogen) atoms. The number of hydrogen-bond donors (Lipinski definition) is 3. The molecular formula is C17H26N2O2. The third-order valence-corrected chi connectivity index (χ3v) is 4.33. The van der Waals surface area contributed by atoms with Crippen LogP contribution in [0.2, 0.25) is 0 Å². The number of aryl methyl sites for hydroxylation is 3. The number of aliphatic hydroxyl groups excluding tert-OH is 1. The fourth-order valence-corrected chi connectivity index (χ4v) is 3.19. The normalized spacial score (nSPS) is 21.3. The molecule has 4 nitrogen and oxygen atoms in total. The van der Waals surface area contributed by atoms with Gasteiger partial charge in [0.05, 0.1) is 6.10 Å². The van der Waals surface area contributed by atoms with E-state index in [4.69, 9.17) is 0 Å². The van der Waals surface area contributed by atoms with Gasteiger partial charge in [-0.15, -0.1) is 0 Å². The van der Waals surface area contributed by atoms with Crippen molar-refractivity contribution in [3.8, 4) is 0 Å². The van der Waals surface area contributed by atoms with Gasteiger partial charge in [-0.2, -0.15) is 0 Å². The third-order valence-electron chi connectivity index (χ3n) is 4.33. The Hall–Kier alpha value is -1.55. The second-order valence-electron chi connectivity index (χ2n) is 6.27. The summed E-state index contributed by atoms with van der Waals surface area (Å²) in [5, 5.41) is 15.3. The number of amides is 2. The van der Waals surface area contributed by atoms with Crippen LogP contribution in [0.15, 0.2) is 12.1 Å². The van der Waals surface area contributed by atoms with Gasteiger partial charge in [-0.05, 0) is 62.6 Å². The van der Waals surface area contributed by atoms with Crippen molar-refractivity contribution in [2.75, 3.05) is 6.54 Å². The fourth-order valence-electron chi connectivity index (χ4n) is 3.19. The van der Waals surface area contributed by atoms with Crippen LogP contribution in [0.1, 0.15) is 41.5 Å². The summed E-state index contributed by atoms with van der Waals surface area (Å²) in [5.74, 6) is 0.411.